The van der Waals surface area contributed by atoms with Crippen molar-refractivity contribution in [1.82, 2.24) is 4.90 Å². The second-order valence-corrected chi connectivity index (χ2v) is 5.71. The highest BCUT2D eigenvalue weighted by Gasteiger charge is 2.09. The van der Waals surface area contributed by atoms with Crippen LogP contribution in [0.15, 0.2) is 24.3 Å². The van der Waals surface area contributed by atoms with Gasteiger partial charge in [0.15, 0.2) is 0 Å². The SMILES string of the molecule is CC(C)N(CCCO)CCCOc1ccccc1C(N)=S. The number of para-hydroxylation sites is 1. The largest absolute Gasteiger partial charge is 0.493 e. The van der Waals surface area contributed by atoms with Crippen LogP contribution in [0.1, 0.15) is 32.3 Å². The van der Waals surface area contributed by atoms with Crippen molar-refractivity contribution >= 4 is 17.2 Å². The van der Waals surface area contributed by atoms with Crippen molar-refractivity contribution < 1.29 is 9.84 Å². The van der Waals surface area contributed by atoms with Crippen LogP contribution in [0.4, 0.5) is 0 Å². The van der Waals surface area contributed by atoms with Crippen molar-refractivity contribution in [2.45, 2.75) is 32.7 Å². The van der Waals surface area contributed by atoms with Gasteiger partial charge < -0.3 is 20.5 Å². The van der Waals surface area contributed by atoms with Gasteiger partial charge in [0.25, 0.3) is 0 Å². The van der Waals surface area contributed by atoms with Crippen LogP contribution >= 0.6 is 12.2 Å². The number of rotatable bonds is 10. The summed E-state index contributed by atoms with van der Waals surface area (Å²) in [6.07, 6.45) is 1.73. The number of aliphatic hydroxyl groups is 1. The molecule has 1 aromatic carbocycles. The van der Waals surface area contributed by atoms with Crippen LogP contribution in [0.25, 0.3) is 0 Å². The molecule has 0 aliphatic carbocycles. The van der Waals surface area contributed by atoms with Crippen molar-refractivity contribution in [3.63, 3.8) is 0 Å². The van der Waals surface area contributed by atoms with Crippen LogP contribution in [0, 0.1) is 0 Å². The fourth-order valence-corrected chi connectivity index (χ4v) is 2.32. The first-order valence-corrected chi connectivity index (χ1v) is 7.83. The third-order valence-corrected chi connectivity index (χ3v) is 3.55. The second-order valence-electron chi connectivity index (χ2n) is 5.27. The topological polar surface area (TPSA) is 58.7 Å². The van der Waals surface area contributed by atoms with Crippen molar-refractivity contribution in [3.8, 4) is 5.75 Å². The summed E-state index contributed by atoms with van der Waals surface area (Å²) >= 11 is 5.02. The van der Waals surface area contributed by atoms with E-state index in [2.05, 4.69) is 18.7 Å². The fraction of sp³-hybridized carbons (Fsp3) is 0.562. The molecule has 0 aromatic heterocycles. The zero-order chi connectivity index (χ0) is 15.7. The van der Waals surface area contributed by atoms with Gasteiger partial charge in [-0.3, -0.25) is 0 Å². The Kier molecular flexibility index (Phi) is 8.27. The highest BCUT2D eigenvalue weighted by molar-refractivity contribution is 7.80. The van der Waals surface area contributed by atoms with E-state index in [0.717, 1.165) is 37.2 Å². The number of thiocarbonyl (C=S) groups is 1. The number of ether oxygens (including phenoxy) is 1. The van der Waals surface area contributed by atoms with Crippen LogP contribution in [0.3, 0.4) is 0 Å². The predicted molar refractivity (Wildman–Crippen MR) is 90.9 cm³/mol. The van der Waals surface area contributed by atoms with Gasteiger partial charge in [0.05, 0.1) is 12.2 Å². The molecule has 0 aliphatic rings. The quantitative estimate of drug-likeness (QED) is 0.512. The third kappa shape index (κ3) is 6.42. The molecule has 118 valence electrons. The minimum absolute atomic E-state index is 0.237. The Balaban J connectivity index is 2.41. The number of nitrogens with two attached hydrogens (primary N) is 1. The fourth-order valence-electron chi connectivity index (χ4n) is 2.15. The molecule has 1 aromatic rings. The molecule has 0 unspecified atom stereocenters. The highest BCUT2D eigenvalue weighted by atomic mass is 32.1. The van der Waals surface area contributed by atoms with Crippen molar-refractivity contribution in [2.75, 3.05) is 26.3 Å². The van der Waals surface area contributed by atoms with Gasteiger partial charge in [-0.25, -0.2) is 0 Å². The summed E-state index contributed by atoms with van der Waals surface area (Å²) in [6.45, 7) is 7.06. The van der Waals surface area contributed by atoms with Crippen molar-refractivity contribution in [1.29, 1.82) is 0 Å². The molecule has 0 radical (unpaired) electrons. The molecule has 0 bridgehead atoms. The zero-order valence-corrected chi connectivity index (χ0v) is 13.7. The Morgan fingerprint density at radius 2 is 1.95 bits per heavy atom. The van der Waals surface area contributed by atoms with Crippen LogP contribution in [0.2, 0.25) is 0 Å². The maximum absolute atomic E-state index is 8.92. The summed E-state index contributed by atoms with van der Waals surface area (Å²) in [5.74, 6) is 0.747. The second kappa shape index (κ2) is 9.71. The smallest absolute Gasteiger partial charge is 0.129 e. The van der Waals surface area contributed by atoms with E-state index in [0.29, 0.717) is 17.6 Å². The van der Waals surface area contributed by atoms with Crippen molar-refractivity contribution in [2.24, 2.45) is 5.73 Å². The number of nitrogens with zero attached hydrogens (tertiary/aromatic N) is 1. The lowest BCUT2D eigenvalue weighted by Crippen LogP contribution is -2.33. The first kappa shape index (κ1) is 17.9. The Morgan fingerprint density at radius 3 is 2.57 bits per heavy atom. The minimum atomic E-state index is 0.237. The average molecular weight is 310 g/mol. The zero-order valence-electron chi connectivity index (χ0n) is 12.9. The maximum atomic E-state index is 8.92. The highest BCUT2D eigenvalue weighted by Crippen LogP contribution is 2.17. The van der Waals surface area contributed by atoms with Gasteiger partial charge in [0.1, 0.15) is 10.7 Å². The van der Waals surface area contributed by atoms with Gasteiger partial charge in [-0.05, 0) is 38.8 Å². The van der Waals surface area contributed by atoms with Crippen LogP contribution in [-0.4, -0.2) is 47.3 Å². The van der Waals surface area contributed by atoms with E-state index < -0.39 is 0 Å². The molecule has 0 spiro atoms. The van der Waals surface area contributed by atoms with E-state index in [1.165, 1.54) is 0 Å². The maximum Gasteiger partial charge on any atom is 0.129 e. The molecule has 0 heterocycles. The molecule has 0 amide bonds. The van der Waals surface area contributed by atoms with E-state index in [4.69, 9.17) is 27.8 Å². The monoisotopic (exact) mass is 310 g/mol. The summed E-state index contributed by atoms with van der Waals surface area (Å²) in [6, 6.07) is 8.05. The van der Waals surface area contributed by atoms with Gasteiger partial charge >= 0.3 is 0 Å². The Labute approximate surface area is 132 Å². The summed E-state index contributed by atoms with van der Waals surface area (Å²) in [5.41, 5.74) is 6.47. The number of benzene rings is 1. The summed E-state index contributed by atoms with van der Waals surface area (Å²) in [7, 11) is 0. The van der Waals surface area contributed by atoms with E-state index >= 15 is 0 Å². The van der Waals surface area contributed by atoms with E-state index in [1.54, 1.807) is 0 Å². The third-order valence-electron chi connectivity index (χ3n) is 3.33. The molecular weight excluding hydrogens is 284 g/mol. The predicted octanol–water partition coefficient (Wildman–Crippen LogP) is 2.18. The molecule has 0 fully saturated rings. The van der Waals surface area contributed by atoms with Crippen molar-refractivity contribution in [3.05, 3.63) is 29.8 Å². The normalized spacial score (nSPS) is 11.1. The number of hydrogen-bond donors (Lipinski definition) is 2. The Hall–Kier alpha value is -1.17. The molecule has 5 heteroatoms. The molecule has 0 atom stereocenters. The standard InChI is InChI=1S/C16H26N2O2S/c1-13(2)18(9-5-11-19)10-6-12-20-15-8-4-3-7-14(15)16(17)21/h3-4,7-8,13,19H,5-6,9-12H2,1-2H3,(H2,17,21). The van der Waals surface area contributed by atoms with E-state index in [1.807, 2.05) is 24.3 Å². The van der Waals surface area contributed by atoms with Gasteiger partial charge in [-0.15, -0.1) is 0 Å². The molecule has 0 saturated carbocycles. The molecule has 1 rings (SSSR count). The molecule has 21 heavy (non-hydrogen) atoms. The number of aliphatic hydroxyl groups excluding tert-OH is 1. The lowest BCUT2D eigenvalue weighted by molar-refractivity contribution is 0.177. The van der Waals surface area contributed by atoms with Crippen LogP contribution < -0.4 is 10.5 Å². The average Bonchev–Trinajstić information content (AvgIpc) is 2.46. The number of hydrogen-bond acceptors (Lipinski definition) is 4. The molecule has 4 nitrogen and oxygen atoms in total. The van der Waals surface area contributed by atoms with Crippen LogP contribution in [-0.2, 0) is 0 Å². The summed E-state index contributed by atoms with van der Waals surface area (Å²) in [5, 5.41) is 8.92. The first-order chi connectivity index (χ1) is 10.1. The van der Waals surface area contributed by atoms with Gasteiger partial charge in [-0.2, -0.15) is 0 Å². The molecule has 0 aliphatic heterocycles. The Bertz CT molecular complexity index is 438. The summed E-state index contributed by atoms with van der Waals surface area (Å²) in [4.78, 5) is 2.70. The Morgan fingerprint density at radius 1 is 1.29 bits per heavy atom. The van der Waals surface area contributed by atoms with Gasteiger partial charge in [0.2, 0.25) is 0 Å². The van der Waals surface area contributed by atoms with Crippen LogP contribution in [0.5, 0.6) is 5.75 Å². The summed E-state index contributed by atoms with van der Waals surface area (Å²) < 4.78 is 5.79. The lowest BCUT2D eigenvalue weighted by Gasteiger charge is -2.26. The minimum Gasteiger partial charge on any atom is -0.493 e. The molecule has 3 N–H and O–H groups in total. The molecule has 0 saturated heterocycles. The van der Waals surface area contributed by atoms with E-state index in [-0.39, 0.29) is 6.61 Å². The van der Waals surface area contributed by atoms with Gasteiger partial charge in [0, 0.05) is 25.7 Å². The lowest BCUT2D eigenvalue weighted by atomic mass is 10.2. The molecular formula is C16H26N2O2S. The van der Waals surface area contributed by atoms with E-state index in [9.17, 15) is 0 Å². The first-order valence-electron chi connectivity index (χ1n) is 7.42. The van der Waals surface area contributed by atoms with Gasteiger partial charge in [-0.1, -0.05) is 24.4 Å².